The van der Waals surface area contributed by atoms with Crippen molar-refractivity contribution in [2.45, 2.75) is 19.9 Å². The molecule has 0 radical (unpaired) electrons. The van der Waals surface area contributed by atoms with Crippen molar-refractivity contribution in [2.24, 2.45) is 0 Å². The molecule has 0 aliphatic rings. The summed E-state index contributed by atoms with van der Waals surface area (Å²) in [6.45, 7) is 2.32. The Labute approximate surface area is 189 Å². The molecule has 2 heterocycles. The quantitative estimate of drug-likeness (QED) is 0.294. The van der Waals surface area contributed by atoms with Crippen molar-refractivity contribution in [3.63, 3.8) is 0 Å². The molecule has 33 heavy (non-hydrogen) atoms. The molecule has 4 aromatic rings. The number of amides is 2. The van der Waals surface area contributed by atoms with Gasteiger partial charge in [0.15, 0.2) is 17.4 Å². The van der Waals surface area contributed by atoms with Crippen LogP contribution in [0.5, 0.6) is 5.75 Å². The standard InChI is InChI=1S/C23H25FN6O3/c1-3-13-9-20(32)18(24)10-17(13)14-4-5-16-19(8-14)28-29-21(16)22-25-11-15(27-22)12-26-23(33)30(2)6-7-31/h4-5,8-11,31-32H,3,6-7,12H2,1-2H3,(H,25,27)(H,26,33)(H,28,29). The van der Waals surface area contributed by atoms with Gasteiger partial charge in [-0.2, -0.15) is 5.10 Å². The van der Waals surface area contributed by atoms with Crippen molar-refractivity contribution >= 4 is 16.9 Å². The van der Waals surface area contributed by atoms with Gasteiger partial charge < -0.3 is 25.4 Å². The predicted molar refractivity (Wildman–Crippen MR) is 122 cm³/mol. The van der Waals surface area contributed by atoms with Crippen molar-refractivity contribution in [2.75, 3.05) is 20.2 Å². The van der Waals surface area contributed by atoms with Crippen molar-refractivity contribution < 1.29 is 19.4 Å². The molecule has 2 aromatic carbocycles. The van der Waals surface area contributed by atoms with E-state index in [4.69, 9.17) is 5.11 Å². The van der Waals surface area contributed by atoms with Gasteiger partial charge in [-0.1, -0.05) is 13.0 Å². The van der Waals surface area contributed by atoms with Crippen LogP contribution in [0.3, 0.4) is 0 Å². The Balaban J connectivity index is 1.57. The van der Waals surface area contributed by atoms with Gasteiger partial charge in [-0.25, -0.2) is 14.2 Å². The third-order valence-electron chi connectivity index (χ3n) is 5.49. The normalized spacial score (nSPS) is 11.2. The lowest BCUT2D eigenvalue weighted by Gasteiger charge is -2.15. The molecule has 0 saturated heterocycles. The molecule has 0 aliphatic heterocycles. The van der Waals surface area contributed by atoms with Gasteiger partial charge in [-0.15, -0.1) is 0 Å². The Kier molecular flexibility index (Phi) is 6.27. The van der Waals surface area contributed by atoms with E-state index < -0.39 is 5.82 Å². The van der Waals surface area contributed by atoms with Crippen LogP contribution in [0.25, 0.3) is 33.5 Å². The third kappa shape index (κ3) is 4.51. The Bertz CT molecular complexity index is 1300. The number of phenols is 1. The van der Waals surface area contributed by atoms with Gasteiger partial charge in [0.25, 0.3) is 0 Å². The first-order valence-electron chi connectivity index (χ1n) is 10.6. The number of rotatable bonds is 7. The number of benzene rings is 2. The first-order chi connectivity index (χ1) is 15.9. The van der Waals surface area contributed by atoms with Crippen molar-refractivity contribution in [3.05, 3.63) is 53.6 Å². The molecule has 0 spiro atoms. The van der Waals surface area contributed by atoms with Crippen LogP contribution in [0.4, 0.5) is 9.18 Å². The molecule has 2 amide bonds. The summed E-state index contributed by atoms with van der Waals surface area (Å²) in [7, 11) is 1.60. The van der Waals surface area contributed by atoms with E-state index in [-0.39, 0.29) is 31.5 Å². The lowest BCUT2D eigenvalue weighted by Crippen LogP contribution is -2.38. The van der Waals surface area contributed by atoms with E-state index in [1.165, 1.54) is 17.0 Å². The number of imidazole rings is 1. The molecule has 0 bridgehead atoms. The highest BCUT2D eigenvalue weighted by Gasteiger charge is 2.15. The average Bonchev–Trinajstić information content (AvgIpc) is 3.45. The highest BCUT2D eigenvalue weighted by molar-refractivity contribution is 5.94. The number of nitrogens with zero attached hydrogens (tertiary/aromatic N) is 3. The molecule has 0 aliphatic carbocycles. The van der Waals surface area contributed by atoms with E-state index in [9.17, 15) is 14.3 Å². The fraction of sp³-hybridized carbons (Fsp3) is 0.261. The minimum atomic E-state index is -0.662. The van der Waals surface area contributed by atoms with E-state index >= 15 is 0 Å². The van der Waals surface area contributed by atoms with Crippen LogP contribution in [-0.4, -0.2) is 61.5 Å². The van der Waals surface area contributed by atoms with Crippen LogP contribution in [0.2, 0.25) is 0 Å². The summed E-state index contributed by atoms with van der Waals surface area (Å²) < 4.78 is 14.0. The molecule has 0 fully saturated rings. The second-order valence-electron chi connectivity index (χ2n) is 7.69. The number of nitrogens with one attached hydrogen (secondary N) is 3. The number of phenolic OH excluding ortho intramolecular Hbond substituents is 1. The highest BCUT2D eigenvalue weighted by atomic mass is 19.1. The van der Waals surface area contributed by atoms with Crippen LogP contribution in [-0.2, 0) is 13.0 Å². The van der Waals surface area contributed by atoms with Gasteiger partial charge in [-0.3, -0.25) is 5.10 Å². The number of H-pyrrole nitrogens is 2. The topological polar surface area (TPSA) is 130 Å². The Morgan fingerprint density at radius 3 is 2.85 bits per heavy atom. The maximum Gasteiger partial charge on any atom is 0.317 e. The molecule has 9 nitrogen and oxygen atoms in total. The van der Waals surface area contributed by atoms with Crippen LogP contribution < -0.4 is 5.32 Å². The molecular weight excluding hydrogens is 427 g/mol. The maximum atomic E-state index is 14.0. The zero-order valence-corrected chi connectivity index (χ0v) is 18.3. The van der Waals surface area contributed by atoms with Crippen LogP contribution in [0, 0.1) is 5.82 Å². The van der Waals surface area contributed by atoms with Crippen molar-refractivity contribution in [1.82, 2.24) is 30.4 Å². The molecule has 10 heteroatoms. The molecule has 172 valence electrons. The van der Waals surface area contributed by atoms with E-state index in [0.717, 1.165) is 22.0 Å². The average molecular weight is 452 g/mol. The SMILES string of the molecule is CCc1cc(O)c(F)cc1-c1ccc2c(-c3nc(CNC(=O)N(C)CCO)c[nH]3)n[nH]c2c1. The Morgan fingerprint density at radius 1 is 1.27 bits per heavy atom. The number of hydrogen-bond donors (Lipinski definition) is 5. The summed E-state index contributed by atoms with van der Waals surface area (Å²) in [6, 6.07) is 8.16. The summed E-state index contributed by atoms with van der Waals surface area (Å²) >= 11 is 0. The Hall–Kier alpha value is -3.92. The number of urea groups is 1. The first-order valence-corrected chi connectivity index (χ1v) is 10.6. The molecule has 0 saturated carbocycles. The number of aliphatic hydroxyl groups excluding tert-OH is 1. The molecule has 5 N–H and O–H groups in total. The smallest absolute Gasteiger partial charge is 0.317 e. The monoisotopic (exact) mass is 452 g/mol. The van der Waals surface area contributed by atoms with Crippen LogP contribution >= 0.6 is 0 Å². The number of halogens is 1. The zero-order chi connectivity index (χ0) is 23.5. The molecule has 0 unspecified atom stereocenters. The summed E-state index contributed by atoms with van der Waals surface area (Å²) in [6.07, 6.45) is 2.35. The Morgan fingerprint density at radius 2 is 2.09 bits per heavy atom. The van der Waals surface area contributed by atoms with E-state index in [1.54, 1.807) is 13.2 Å². The number of hydrogen-bond acceptors (Lipinski definition) is 5. The highest BCUT2D eigenvalue weighted by Crippen LogP contribution is 2.33. The molecular formula is C23H25FN6O3. The maximum absolute atomic E-state index is 14.0. The number of aromatic hydroxyl groups is 1. The van der Waals surface area contributed by atoms with Gasteiger partial charge >= 0.3 is 6.03 Å². The number of likely N-dealkylation sites (N-methyl/N-ethyl adjacent to an activating group) is 1. The summed E-state index contributed by atoms with van der Waals surface area (Å²) in [5.74, 6) is -0.470. The number of carbonyl (C=O) groups is 1. The number of aromatic nitrogens is 4. The second kappa shape index (κ2) is 9.29. The van der Waals surface area contributed by atoms with Gasteiger partial charge in [-0.05, 0) is 47.4 Å². The third-order valence-corrected chi connectivity index (χ3v) is 5.49. The largest absolute Gasteiger partial charge is 0.505 e. The summed E-state index contributed by atoms with van der Waals surface area (Å²) in [5.41, 5.74) is 4.39. The zero-order valence-electron chi connectivity index (χ0n) is 18.3. The predicted octanol–water partition coefficient (Wildman–Crippen LogP) is 3.16. The molecule has 2 aromatic heterocycles. The number of carbonyl (C=O) groups excluding carboxylic acids is 1. The minimum absolute atomic E-state index is 0.105. The second-order valence-corrected chi connectivity index (χ2v) is 7.69. The minimum Gasteiger partial charge on any atom is -0.505 e. The van der Waals surface area contributed by atoms with E-state index in [1.807, 2.05) is 25.1 Å². The summed E-state index contributed by atoms with van der Waals surface area (Å²) in [4.78, 5) is 20.9. The number of aromatic amines is 2. The number of aliphatic hydroxyl groups is 1. The van der Waals surface area contributed by atoms with E-state index in [0.29, 0.717) is 29.2 Å². The number of aryl methyl sites for hydroxylation is 1. The number of fused-ring (bicyclic) bond motifs is 1. The fourth-order valence-corrected chi connectivity index (χ4v) is 3.66. The van der Waals surface area contributed by atoms with Crippen molar-refractivity contribution in [1.29, 1.82) is 0 Å². The van der Waals surface area contributed by atoms with Crippen LogP contribution in [0.1, 0.15) is 18.2 Å². The van der Waals surface area contributed by atoms with E-state index in [2.05, 4.69) is 25.5 Å². The molecule has 0 atom stereocenters. The fourth-order valence-electron chi connectivity index (χ4n) is 3.66. The van der Waals surface area contributed by atoms with Gasteiger partial charge in [0.1, 0.15) is 5.69 Å². The first kappa shape index (κ1) is 22.3. The van der Waals surface area contributed by atoms with Gasteiger partial charge in [0.05, 0.1) is 24.4 Å². The van der Waals surface area contributed by atoms with Crippen LogP contribution in [0.15, 0.2) is 36.5 Å². The lowest BCUT2D eigenvalue weighted by atomic mass is 9.96. The van der Waals surface area contributed by atoms with Crippen molar-refractivity contribution in [3.8, 4) is 28.4 Å². The van der Waals surface area contributed by atoms with Gasteiger partial charge in [0.2, 0.25) is 0 Å². The molecule has 4 rings (SSSR count). The summed E-state index contributed by atoms with van der Waals surface area (Å²) in [5, 5.41) is 29.6. The lowest BCUT2D eigenvalue weighted by molar-refractivity contribution is 0.190. The van der Waals surface area contributed by atoms with Gasteiger partial charge in [0, 0.05) is 25.2 Å².